The predicted molar refractivity (Wildman–Crippen MR) is 153 cm³/mol. The van der Waals surface area contributed by atoms with Crippen molar-refractivity contribution in [3.8, 4) is 5.75 Å². The van der Waals surface area contributed by atoms with E-state index in [4.69, 9.17) is 5.14 Å². The Morgan fingerprint density at radius 1 is 1.23 bits per heavy atom. The second kappa shape index (κ2) is 10.1. The van der Waals surface area contributed by atoms with Crippen molar-refractivity contribution in [2.45, 2.75) is 63.4 Å². The van der Waals surface area contributed by atoms with E-state index < -0.39 is 26.5 Å². The monoisotopic (exact) mass is 576 g/mol. The van der Waals surface area contributed by atoms with Crippen LogP contribution in [0.2, 0.25) is 0 Å². The van der Waals surface area contributed by atoms with Gasteiger partial charge in [-0.15, -0.1) is 4.40 Å². The lowest BCUT2D eigenvalue weighted by molar-refractivity contribution is 0.473. The molecule has 0 atom stereocenters. The molecule has 1 fully saturated rings. The molecule has 210 valence electrons. The maximum atomic E-state index is 13.6. The van der Waals surface area contributed by atoms with Gasteiger partial charge in [-0.3, -0.25) is 22.8 Å². The molecule has 1 aromatic carbocycles. The standard InChI is InChI=1S/C25H32N6O6S2/c1-15(2)11-13-30-24-18(8-5-12-27-24)22(32)21(25(30)33)23-28-19-10-9-17(14-20(19)38(34,35)29-23)31(39(26,36)37)16-6-3-4-7-16/h5,8-10,12,14-16,32,34-35H,3-4,6-7,11,13H2,1-2H3,(H,28,29)(H2,26,36,37). The van der Waals surface area contributed by atoms with Crippen LogP contribution in [0.25, 0.3) is 11.0 Å². The lowest BCUT2D eigenvalue weighted by Crippen LogP contribution is -2.43. The average molecular weight is 577 g/mol. The van der Waals surface area contributed by atoms with Crippen LogP contribution in [0, 0.1) is 5.92 Å². The van der Waals surface area contributed by atoms with Crippen molar-refractivity contribution in [1.29, 1.82) is 0 Å². The van der Waals surface area contributed by atoms with Gasteiger partial charge in [-0.2, -0.15) is 8.42 Å². The fourth-order valence-corrected chi connectivity index (χ4v) is 7.41. The number of nitrogens with two attached hydrogens (primary N) is 1. The van der Waals surface area contributed by atoms with E-state index in [0.29, 0.717) is 42.8 Å². The molecule has 12 nitrogen and oxygen atoms in total. The fraction of sp³-hybridized carbons (Fsp3) is 0.400. The van der Waals surface area contributed by atoms with Crippen LogP contribution in [0.5, 0.6) is 5.75 Å². The number of aryl methyl sites for hydroxylation is 1. The molecule has 3 heterocycles. The number of rotatable bonds is 7. The molecule has 14 heteroatoms. The number of aromatic hydroxyl groups is 1. The van der Waals surface area contributed by atoms with Crippen LogP contribution < -0.4 is 20.3 Å². The van der Waals surface area contributed by atoms with Crippen LogP contribution in [-0.2, 0) is 16.8 Å². The molecule has 0 saturated heterocycles. The SMILES string of the molecule is CC(C)CCn1c(=O)c(C2=NS(O)(O)c3cc(N(C4CCCC4)S(N)(=O)=O)ccc3N2)c(O)c2cccnc21. The number of hydrogen-bond donors (Lipinski definition) is 5. The van der Waals surface area contributed by atoms with Crippen molar-refractivity contribution in [2.75, 3.05) is 9.62 Å². The van der Waals surface area contributed by atoms with Gasteiger partial charge in [-0.05, 0) is 55.5 Å². The number of nitrogens with one attached hydrogen (secondary N) is 1. The minimum absolute atomic E-state index is 0.0440. The molecule has 0 unspecified atom stereocenters. The molecule has 2 aliphatic rings. The molecular weight excluding hydrogens is 544 g/mol. The molecule has 0 amide bonds. The summed E-state index contributed by atoms with van der Waals surface area (Å²) in [6.45, 7) is 4.39. The number of anilines is 2. The van der Waals surface area contributed by atoms with Crippen molar-refractivity contribution in [3.05, 3.63) is 52.4 Å². The lowest BCUT2D eigenvalue weighted by Gasteiger charge is -2.36. The van der Waals surface area contributed by atoms with Gasteiger partial charge in [0.15, 0.2) is 5.84 Å². The molecule has 6 N–H and O–H groups in total. The Hall–Kier alpha value is -3.17. The Morgan fingerprint density at radius 3 is 2.62 bits per heavy atom. The van der Waals surface area contributed by atoms with Crippen LogP contribution in [0.3, 0.4) is 0 Å². The molecule has 1 aliphatic carbocycles. The van der Waals surface area contributed by atoms with Gasteiger partial charge in [0.1, 0.15) is 21.9 Å². The zero-order valence-corrected chi connectivity index (χ0v) is 23.2. The van der Waals surface area contributed by atoms with Crippen LogP contribution in [0.1, 0.15) is 51.5 Å². The molecule has 5 rings (SSSR count). The van der Waals surface area contributed by atoms with Crippen molar-refractivity contribution < 1.29 is 22.6 Å². The number of benzene rings is 1. The van der Waals surface area contributed by atoms with E-state index in [-0.39, 0.29) is 39.5 Å². The zero-order valence-electron chi connectivity index (χ0n) is 21.6. The summed E-state index contributed by atoms with van der Waals surface area (Å²) in [5, 5.41) is 19.9. The van der Waals surface area contributed by atoms with E-state index in [1.807, 2.05) is 13.8 Å². The Kier molecular flexibility index (Phi) is 7.09. The van der Waals surface area contributed by atoms with Crippen LogP contribution in [-0.4, -0.2) is 44.1 Å². The van der Waals surface area contributed by atoms with Crippen LogP contribution in [0.15, 0.2) is 50.6 Å². The molecule has 0 spiro atoms. The smallest absolute Gasteiger partial charge is 0.299 e. The average Bonchev–Trinajstić information content (AvgIpc) is 3.37. The van der Waals surface area contributed by atoms with Gasteiger partial charge in [0.2, 0.25) is 0 Å². The Labute approximate surface area is 227 Å². The van der Waals surface area contributed by atoms with Gasteiger partial charge in [0.25, 0.3) is 15.8 Å². The molecule has 1 saturated carbocycles. The Balaban J connectivity index is 1.62. The first kappa shape index (κ1) is 27.4. The summed E-state index contributed by atoms with van der Waals surface area (Å²) in [7, 11) is -8.03. The number of aromatic nitrogens is 2. The van der Waals surface area contributed by atoms with Crippen molar-refractivity contribution in [3.63, 3.8) is 0 Å². The second-order valence-electron chi connectivity index (χ2n) is 10.3. The van der Waals surface area contributed by atoms with E-state index >= 15 is 0 Å². The zero-order chi connectivity index (χ0) is 28.1. The minimum Gasteiger partial charge on any atom is -0.506 e. The van der Waals surface area contributed by atoms with Crippen LogP contribution in [0.4, 0.5) is 11.4 Å². The maximum Gasteiger partial charge on any atom is 0.299 e. The highest BCUT2D eigenvalue weighted by molar-refractivity contribution is 8.23. The number of fused-ring (bicyclic) bond motifs is 2. The largest absolute Gasteiger partial charge is 0.506 e. The lowest BCUT2D eigenvalue weighted by atomic mass is 10.1. The quantitative estimate of drug-likeness (QED) is 0.279. The summed E-state index contributed by atoms with van der Waals surface area (Å²) in [4.78, 5) is 17.9. The highest BCUT2D eigenvalue weighted by atomic mass is 32.3. The summed E-state index contributed by atoms with van der Waals surface area (Å²) in [6, 6.07) is 7.26. The summed E-state index contributed by atoms with van der Waals surface area (Å²) in [5.41, 5.74) is -0.0800. The van der Waals surface area contributed by atoms with Gasteiger partial charge in [0.05, 0.1) is 16.8 Å². The van der Waals surface area contributed by atoms with Crippen molar-refractivity contribution in [2.24, 2.45) is 15.5 Å². The third kappa shape index (κ3) is 5.10. The summed E-state index contributed by atoms with van der Waals surface area (Å²) in [6.07, 6.45) is 5.23. The third-order valence-corrected chi connectivity index (χ3v) is 9.50. The molecule has 3 aromatic rings. The highest BCUT2D eigenvalue weighted by Crippen LogP contribution is 2.56. The predicted octanol–water partition coefficient (Wildman–Crippen LogP) is 4.00. The van der Waals surface area contributed by atoms with Gasteiger partial charge in [-0.25, -0.2) is 10.1 Å². The van der Waals surface area contributed by atoms with Gasteiger partial charge in [0, 0.05) is 18.8 Å². The molecule has 39 heavy (non-hydrogen) atoms. The van der Waals surface area contributed by atoms with Crippen LogP contribution >= 0.6 is 10.8 Å². The number of hydrogen-bond acceptors (Lipinski definition) is 9. The van der Waals surface area contributed by atoms with E-state index in [1.54, 1.807) is 12.1 Å². The highest BCUT2D eigenvalue weighted by Gasteiger charge is 2.34. The molecule has 1 aliphatic heterocycles. The molecule has 2 aromatic heterocycles. The number of pyridine rings is 2. The molecule has 0 radical (unpaired) electrons. The van der Waals surface area contributed by atoms with E-state index in [2.05, 4.69) is 14.7 Å². The Bertz CT molecular complexity index is 1630. The normalized spacial score (nSPS) is 18.1. The third-order valence-electron chi connectivity index (χ3n) is 7.08. The summed E-state index contributed by atoms with van der Waals surface area (Å²) in [5.74, 6) is -0.291. The first-order valence-electron chi connectivity index (χ1n) is 12.7. The first-order valence-corrected chi connectivity index (χ1v) is 15.7. The number of nitrogens with zero attached hydrogens (tertiary/aromatic N) is 4. The molecule has 0 bridgehead atoms. The van der Waals surface area contributed by atoms with Crippen molar-refractivity contribution >= 4 is 49.2 Å². The second-order valence-corrected chi connectivity index (χ2v) is 13.4. The van der Waals surface area contributed by atoms with E-state index in [0.717, 1.165) is 17.1 Å². The first-order chi connectivity index (χ1) is 18.4. The van der Waals surface area contributed by atoms with Crippen molar-refractivity contribution in [1.82, 2.24) is 9.55 Å². The maximum absolute atomic E-state index is 13.6. The van der Waals surface area contributed by atoms with Gasteiger partial charge < -0.3 is 10.4 Å². The van der Waals surface area contributed by atoms with Gasteiger partial charge in [-0.1, -0.05) is 37.5 Å². The van der Waals surface area contributed by atoms with E-state index in [1.165, 1.54) is 29.0 Å². The topological polar surface area (TPSA) is 183 Å². The fourth-order valence-electron chi connectivity index (χ4n) is 5.19. The minimum atomic E-state index is -4.13. The molecular formula is C25H32N6O6S2. The summed E-state index contributed by atoms with van der Waals surface area (Å²) < 4.78 is 53.7. The number of amidine groups is 1. The van der Waals surface area contributed by atoms with E-state index in [9.17, 15) is 27.4 Å². The summed E-state index contributed by atoms with van der Waals surface area (Å²) >= 11 is 0. The van der Waals surface area contributed by atoms with Gasteiger partial charge >= 0.3 is 0 Å². The Morgan fingerprint density at radius 2 is 1.95 bits per heavy atom.